The van der Waals surface area contributed by atoms with Gasteiger partial charge in [-0.25, -0.2) is 0 Å². The molecule has 1 amide bonds. The van der Waals surface area contributed by atoms with Crippen molar-refractivity contribution < 1.29 is 9.53 Å². The van der Waals surface area contributed by atoms with E-state index in [9.17, 15) is 4.79 Å². The minimum atomic E-state index is 0.0192. The van der Waals surface area contributed by atoms with E-state index in [0.29, 0.717) is 25.3 Å². The maximum atomic E-state index is 11.7. The topological polar surface area (TPSA) is 67.6 Å². The van der Waals surface area contributed by atoms with E-state index in [4.69, 9.17) is 10.5 Å². The highest BCUT2D eigenvalue weighted by atomic mass is 16.5. The quantitative estimate of drug-likeness (QED) is 0.672. The zero-order chi connectivity index (χ0) is 14.1. The minimum Gasteiger partial charge on any atom is -0.399 e. The summed E-state index contributed by atoms with van der Waals surface area (Å²) in [6.45, 7) is 3.02. The second kappa shape index (κ2) is 8.50. The van der Waals surface area contributed by atoms with E-state index in [2.05, 4.69) is 10.2 Å². The maximum absolute atomic E-state index is 11.7. The van der Waals surface area contributed by atoms with Crippen molar-refractivity contribution in [2.24, 2.45) is 0 Å². The zero-order valence-corrected chi connectivity index (χ0v) is 11.7. The molecule has 0 bridgehead atoms. The van der Waals surface area contributed by atoms with Gasteiger partial charge in [0.25, 0.3) is 0 Å². The number of rotatable bonds is 8. The Labute approximate surface area is 114 Å². The lowest BCUT2D eigenvalue weighted by molar-refractivity contribution is -0.120. The Bertz CT molecular complexity index is 396. The van der Waals surface area contributed by atoms with Crippen LogP contribution in [0.3, 0.4) is 0 Å². The van der Waals surface area contributed by atoms with E-state index in [1.165, 1.54) is 0 Å². The highest BCUT2D eigenvalue weighted by Gasteiger charge is 2.04. The van der Waals surface area contributed by atoms with Crippen molar-refractivity contribution in [2.75, 3.05) is 46.1 Å². The molecule has 0 aliphatic heterocycles. The van der Waals surface area contributed by atoms with Gasteiger partial charge in [-0.1, -0.05) is 12.1 Å². The molecule has 0 fully saturated rings. The first-order chi connectivity index (χ1) is 9.11. The molecular weight excluding hydrogens is 242 g/mol. The van der Waals surface area contributed by atoms with E-state index in [1.807, 2.05) is 31.3 Å². The number of hydrogen-bond acceptors (Lipinski definition) is 4. The summed E-state index contributed by atoms with van der Waals surface area (Å²) in [5.41, 5.74) is 7.29. The number of nitrogens with zero attached hydrogens (tertiary/aromatic N) is 1. The van der Waals surface area contributed by atoms with E-state index in [1.54, 1.807) is 7.11 Å². The Hall–Kier alpha value is -1.59. The zero-order valence-electron chi connectivity index (χ0n) is 11.7. The van der Waals surface area contributed by atoms with E-state index in [-0.39, 0.29) is 5.91 Å². The predicted molar refractivity (Wildman–Crippen MR) is 76.9 cm³/mol. The molecule has 3 N–H and O–H groups in total. The maximum Gasteiger partial charge on any atom is 0.224 e. The number of likely N-dealkylation sites (N-methyl/N-ethyl adjacent to an activating group) is 1. The summed E-state index contributed by atoms with van der Waals surface area (Å²) in [4.78, 5) is 13.8. The van der Waals surface area contributed by atoms with Gasteiger partial charge in [0.05, 0.1) is 13.0 Å². The van der Waals surface area contributed by atoms with Crippen LogP contribution >= 0.6 is 0 Å². The number of carbonyl (C=O) groups excluding carboxylic acids is 1. The van der Waals surface area contributed by atoms with Crippen molar-refractivity contribution >= 4 is 11.6 Å². The molecule has 0 saturated carbocycles. The standard InChI is InChI=1S/C14H23N3O2/c1-17(8-9-19-2)7-6-16-14(18)11-12-4-3-5-13(15)10-12/h3-5,10H,6-9,11,15H2,1-2H3,(H,16,18). The fourth-order valence-corrected chi connectivity index (χ4v) is 1.70. The van der Waals surface area contributed by atoms with E-state index < -0.39 is 0 Å². The molecule has 106 valence electrons. The number of ether oxygens (including phenoxy) is 1. The van der Waals surface area contributed by atoms with Gasteiger partial charge in [-0.15, -0.1) is 0 Å². The molecule has 0 atom stereocenters. The number of nitrogen functional groups attached to an aromatic ring is 1. The predicted octanol–water partition coefficient (Wildman–Crippen LogP) is 0.506. The molecule has 5 nitrogen and oxygen atoms in total. The second-order valence-electron chi connectivity index (χ2n) is 4.57. The monoisotopic (exact) mass is 265 g/mol. The van der Waals surface area contributed by atoms with Crippen molar-refractivity contribution in [1.82, 2.24) is 10.2 Å². The Kier molecular flexibility index (Phi) is 6.92. The molecule has 1 rings (SSSR count). The highest BCUT2D eigenvalue weighted by molar-refractivity contribution is 5.78. The Balaban J connectivity index is 2.21. The van der Waals surface area contributed by atoms with Crippen LogP contribution in [0.2, 0.25) is 0 Å². The molecule has 19 heavy (non-hydrogen) atoms. The Morgan fingerprint density at radius 1 is 1.42 bits per heavy atom. The minimum absolute atomic E-state index is 0.0192. The lowest BCUT2D eigenvalue weighted by atomic mass is 10.1. The van der Waals surface area contributed by atoms with Crippen LogP contribution in [0, 0.1) is 0 Å². The van der Waals surface area contributed by atoms with Crippen LogP contribution in [0.25, 0.3) is 0 Å². The fourth-order valence-electron chi connectivity index (χ4n) is 1.70. The third kappa shape index (κ3) is 6.79. The van der Waals surface area contributed by atoms with Crippen molar-refractivity contribution in [3.05, 3.63) is 29.8 Å². The Morgan fingerprint density at radius 3 is 2.89 bits per heavy atom. The van der Waals surface area contributed by atoms with Crippen LogP contribution in [0.15, 0.2) is 24.3 Å². The van der Waals surface area contributed by atoms with Gasteiger partial charge in [-0.3, -0.25) is 4.79 Å². The van der Waals surface area contributed by atoms with Crippen LogP contribution in [0.4, 0.5) is 5.69 Å². The molecule has 0 heterocycles. The lowest BCUT2D eigenvalue weighted by Gasteiger charge is -2.16. The number of anilines is 1. The summed E-state index contributed by atoms with van der Waals surface area (Å²) in [5, 5.41) is 2.90. The smallest absolute Gasteiger partial charge is 0.224 e. The average Bonchev–Trinajstić information content (AvgIpc) is 2.36. The number of benzene rings is 1. The number of methoxy groups -OCH3 is 1. The normalized spacial score (nSPS) is 10.7. The van der Waals surface area contributed by atoms with Crippen molar-refractivity contribution in [1.29, 1.82) is 0 Å². The Morgan fingerprint density at radius 2 is 2.21 bits per heavy atom. The van der Waals surface area contributed by atoms with Crippen LogP contribution in [0.1, 0.15) is 5.56 Å². The number of amides is 1. The summed E-state index contributed by atoms with van der Waals surface area (Å²) in [6, 6.07) is 7.40. The van der Waals surface area contributed by atoms with Gasteiger partial charge in [0, 0.05) is 32.4 Å². The van der Waals surface area contributed by atoms with Crippen LogP contribution in [-0.2, 0) is 16.0 Å². The van der Waals surface area contributed by atoms with E-state index >= 15 is 0 Å². The van der Waals surface area contributed by atoms with Crippen LogP contribution in [0.5, 0.6) is 0 Å². The first-order valence-corrected chi connectivity index (χ1v) is 6.40. The third-order valence-corrected chi connectivity index (χ3v) is 2.81. The SMILES string of the molecule is COCCN(C)CCNC(=O)Cc1cccc(N)c1. The van der Waals surface area contributed by atoms with Crippen molar-refractivity contribution in [3.8, 4) is 0 Å². The van der Waals surface area contributed by atoms with Gasteiger partial charge in [-0.05, 0) is 24.7 Å². The molecule has 0 saturated heterocycles. The van der Waals surface area contributed by atoms with Crippen molar-refractivity contribution in [3.63, 3.8) is 0 Å². The van der Waals surface area contributed by atoms with Gasteiger partial charge >= 0.3 is 0 Å². The van der Waals surface area contributed by atoms with Crippen molar-refractivity contribution in [2.45, 2.75) is 6.42 Å². The summed E-state index contributed by atoms with van der Waals surface area (Å²) in [7, 11) is 3.68. The molecule has 0 aromatic heterocycles. The van der Waals surface area contributed by atoms with E-state index in [0.717, 1.165) is 18.7 Å². The van der Waals surface area contributed by atoms with Crippen LogP contribution < -0.4 is 11.1 Å². The molecule has 5 heteroatoms. The first kappa shape index (κ1) is 15.5. The van der Waals surface area contributed by atoms with Gasteiger partial charge in [0.15, 0.2) is 0 Å². The number of hydrogen-bond donors (Lipinski definition) is 2. The second-order valence-corrected chi connectivity index (χ2v) is 4.57. The summed E-state index contributed by atoms with van der Waals surface area (Å²) < 4.78 is 4.99. The molecule has 0 radical (unpaired) electrons. The largest absolute Gasteiger partial charge is 0.399 e. The average molecular weight is 265 g/mol. The van der Waals surface area contributed by atoms with Gasteiger partial charge in [0.1, 0.15) is 0 Å². The molecule has 0 aliphatic carbocycles. The summed E-state index contributed by atoms with van der Waals surface area (Å²) in [5.74, 6) is 0.0192. The molecule has 0 spiro atoms. The van der Waals surface area contributed by atoms with Crippen LogP contribution in [-0.4, -0.2) is 51.2 Å². The van der Waals surface area contributed by atoms with Gasteiger partial charge < -0.3 is 20.7 Å². The summed E-state index contributed by atoms with van der Waals surface area (Å²) >= 11 is 0. The molecule has 0 unspecified atom stereocenters. The molecule has 1 aromatic rings. The van der Waals surface area contributed by atoms with Gasteiger partial charge in [0.2, 0.25) is 5.91 Å². The fraction of sp³-hybridized carbons (Fsp3) is 0.500. The number of nitrogens with one attached hydrogen (secondary N) is 1. The molecule has 0 aliphatic rings. The van der Waals surface area contributed by atoms with Gasteiger partial charge in [-0.2, -0.15) is 0 Å². The third-order valence-electron chi connectivity index (χ3n) is 2.81. The molecule has 1 aromatic carbocycles. The highest BCUT2D eigenvalue weighted by Crippen LogP contribution is 2.06. The first-order valence-electron chi connectivity index (χ1n) is 6.40. The summed E-state index contributed by atoms with van der Waals surface area (Å²) in [6.07, 6.45) is 0.368. The lowest BCUT2D eigenvalue weighted by Crippen LogP contribution is -2.35. The number of nitrogens with two attached hydrogens (primary N) is 1. The molecular formula is C14H23N3O2. The number of carbonyl (C=O) groups is 1.